The highest BCUT2D eigenvalue weighted by atomic mass is 32.2. The lowest BCUT2D eigenvalue weighted by molar-refractivity contribution is -0.129. The first kappa shape index (κ1) is 22.7. The minimum absolute atomic E-state index is 0.304. The van der Waals surface area contributed by atoms with E-state index < -0.39 is 10.0 Å². The molecule has 0 radical (unpaired) electrons. The molecule has 1 amide bonds. The normalized spacial score (nSPS) is 14.3. The molecule has 168 valence electrons. The Kier molecular flexibility index (Phi) is 6.89. The Balaban J connectivity index is 1.72. The Morgan fingerprint density at radius 2 is 1.68 bits per heavy atom. The Morgan fingerprint density at radius 3 is 2.26 bits per heavy atom. The highest BCUT2D eigenvalue weighted by Crippen LogP contribution is 2.32. The number of hydrogen-bond acceptors (Lipinski definition) is 6. The second-order valence-electron chi connectivity index (χ2n) is 7.13. The van der Waals surface area contributed by atoms with Crippen LogP contribution in [0.15, 0.2) is 42.5 Å². The van der Waals surface area contributed by atoms with Crippen LogP contribution in [0, 0.1) is 5.82 Å². The van der Waals surface area contributed by atoms with E-state index >= 15 is 0 Å². The molecule has 10 heteroatoms. The number of carbonyl (C=O) groups is 1. The van der Waals surface area contributed by atoms with Crippen LogP contribution in [0.4, 0.5) is 15.8 Å². The number of piperazine rings is 1. The summed E-state index contributed by atoms with van der Waals surface area (Å²) in [4.78, 5) is 16.4. The van der Waals surface area contributed by atoms with Gasteiger partial charge in [0.25, 0.3) is 0 Å². The third kappa shape index (κ3) is 5.19. The number of rotatable bonds is 7. The Labute approximate surface area is 181 Å². The van der Waals surface area contributed by atoms with Crippen LogP contribution >= 0.6 is 0 Å². The summed E-state index contributed by atoms with van der Waals surface area (Å²) < 4.78 is 50.3. The van der Waals surface area contributed by atoms with E-state index in [4.69, 9.17) is 9.47 Å². The summed E-state index contributed by atoms with van der Waals surface area (Å²) >= 11 is 0. The summed E-state index contributed by atoms with van der Waals surface area (Å²) in [6, 6.07) is 11.2. The molecule has 2 aromatic carbocycles. The lowest BCUT2D eigenvalue weighted by Gasteiger charge is -2.37. The number of sulfonamides is 1. The number of benzene rings is 2. The molecule has 0 N–H and O–H groups in total. The van der Waals surface area contributed by atoms with Crippen LogP contribution in [0.5, 0.6) is 11.5 Å². The first-order valence-electron chi connectivity index (χ1n) is 9.71. The smallest absolute Gasteiger partial charge is 0.243 e. The predicted molar refractivity (Wildman–Crippen MR) is 117 cm³/mol. The van der Waals surface area contributed by atoms with E-state index in [-0.39, 0.29) is 18.3 Å². The van der Waals surface area contributed by atoms with Crippen molar-refractivity contribution in [1.82, 2.24) is 4.90 Å². The van der Waals surface area contributed by atoms with E-state index in [1.165, 1.54) is 26.4 Å². The SMILES string of the molecule is COc1ccc(N(CC(=O)N2CCN(c3ccccc3F)CC2)S(C)(=O)=O)cc1OC. The van der Waals surface area contributed by atoms with Crippen molar-refractivity contribution in [2.45, 2.75) is 0 Å². The van der Waals surface area contributed by atoms with Crippen molar-refractivity contribution in [3.05, 3.63) is 48.3 Å². The molecule has 1 aliphatic heterocycles. The highest BCUT2D eigenvalue weighted by Gasteiger charge is 2.27. The maximum Gasteiger partial charge on any atom is 0.243 e. The number of methoxy groups -OCH3 is 2. The average molecular weight is 452 g/mol. The molecule has 8 nitrogen and oxygen atoms in total. The molecule has 0 saturated carbocycles. The number of amides is 1. The Hall–Kier alpha value is -3.01. The highest BCUT2D eigenvalue weighted by molar-refractivity contribution is 7.92. The fourth-order valence-corrected chi connectivity index (χ4v) is 4.35. The van der Waals surface area contributed by atoms with Gasteiger partial charge in [-0.05, 0) is 24.3 Å². The average Bonchev–Trinajstić information content (AvgIpc) is 2.76. The third-order valence-corrected chi connectivity index (χ3v) is 6.30. The summed E-state index contributed by atoms with van der Waals surface area (Å²) in [5.74, 6) is 0.183. The van der Waals surface area contributed by atoms with Gasteiger partial charge >= 0.3 is 0 Å². The third-order valence-electron chi connectivity index (χ3n) is 5.16. The topological polar surface area (TPSA) is 79.4 Å². The maximum atomic E-state index is 14.0. The van der Waals surface area contributed by atoms with E-state index in [1.807, 2.05) is 4.90 Å². The summed E-state index contributed by atoms with van der Waals surface area (Å²) in [6.45, 7) is 1.32. The fraction of sp³-hybridized carbons (Fsp3) is 0.381. The van der Waals surface area contributed by atoms with Crippen LogP contribution in [0.25, 0.3) is 0 Å². The summed E-state index contributed by atoms with van der Waals surface area (Å²) in [5.41, 5.74) is 0.802. The number of nitrogens with zero attached hydrogens (tertiary/aromatic N) is 3. The minimum atomic E-state index is -3.73. The van der Waals surface area contributed by atoms with Crippen molar-refractivity contribution in [2.24, 2.45) is 0 Å². The molecule has 1 aliphatic rings. The van der Waals surface area contributed by atoms with Gasteiger partial charge in [-0.3, -0.25) is 9.10 Å². The van der Waals surface area contributed by atoms with Gasteiger partial charge in [-0.25, -0.2) is 12.8 Å². The first-order valence-corrected chi connectivity index (χ1v) is 11.6. The van der Waals surface area contributed by atoms with Gasteiger partial charge < -0.3 is 19.3 Å². The summed E-state index contributed by atoms with van der Waals surface area (Å²) in [7, 11) is -0.793. The van der Waals surface area contributed by atoms with E-state index in [1.54, 1.807) is 35.2 Å². The zero-order chi connectivity index (χ0) is 22.6. The molecule has 1 fully saturated rings. The van der Waals surface area contributed by atoms with Crippen LogP contribution < -0.4 is 18.7 Å². The van der Waals surface area contributed by atoms with Crippen molar-refractivity contribution in [1.29, 1.82) is 0 Å². The molecule has 0 aliphatic carbocycles. The number of para-hydroxylation sites is 1. The van der Waals surface area contributed by atoms with Crippen molar-refractivity contribution in [3.8, 4) is 11.5 Å². The largest absolute Gasteiger partial charge is 0.493 e. The number of anilines is 2. The number of halogens is 1. The van der Waals surface area contributed by atoms with E-state index in [2.05, 4.69) is 0 Å². The van der Waals surface area contributed by atoms with Gasteiger partial charge in [0.15, 0.2) is 11.5 Å². The molecular weight excluding hydrogens is 425 g/mol. The molecule has 3 rings (SSSR count). The van der Waals surface area contributed by atoms with Gasteiger partial charge in [-0.1, -0.05) is 12.1 Å². The Bertz CT molecular complexity index is 1040. The van der Waals surface area contributed by atoms with Gasteiger partial charge in [0.2, 0.25) is 15.9 Å². The van der Waals surface area contributed by atoms with Crippen molar-refractivity contribution in [2.75, 3.05) is 62.4 Å². The summed E-state index contributed by atoms with van der Waals surface area (Å²) in [6.07, 6.45) is 1.05. The first-order chi connectivity index (χ1) is 14.7. The van der Waals surface area contributed by atoms with Gasteiger partial charge in [-0.2, -0.15) is 0 Å². The van der Waals surface area contributed by atoms with Crippen LogP contribution in [-0.4, -0.2) is 72.4 Å². The lowest BCUT2D eigenvalue weighted by Crippen LogP contribution is -2.52. The zero-order valence-electron chi connectivity index (χ0n) is 17.7. The molecule has 1 saturated heterocycles. The number of ether oxygens (including phenoxy) is 2. The second kappa shape index (κ2) is 9.42. The molecule has 0 atom stereocenters. The number of carbonyl (C=O) groups excluding carboxylic acids is 1. The molecule has 0 bridgehead atoms. The minimum Gasteiger partial charge on any atom is -0.493 e. The van der Waals surface area contributed by atoms with Crippen LogP contribution in [0.1, 0.15) is 0 Å². The van der Waals surface area contributed by atoms with E-state index in [0.29, 0.717) is 49.1 Å². The van der Waals surface area contributed by atoms with Gasteiger partial charge in [0, 0.05) is 32.2 Å². The Morgan fingerprint density at radius 1 is 1.03 bits per heavy atom. The lowest BCUT2D eigenvalue weighted by atomic mass is 10.2. The van der Waals surface area contributed by atoms with Crippen molar-refractivity contribution >= 4 is 27.3 Å². The van der Waals surface area contributed by atoms with Crippen molar-refractivity contribution < 1.29 is 27.1 Å². The van der Waals surface area contributed by atoms with Gasteiger partial charge in [0.1, 0.15) is 12.4 Å². The van der Waals surface area contributed by atoms with Gasteiger partial charge in [0.05, 0.1) is 31.9 Å². The van der Waals surface area contributed by atoms with E-state index in [9.17, 15) is 17.6 Å². The van der Waals surface area contributed by atoms with E-state index in [0.717, 1.165) is 10.6 Å². The molecule has 0 spiro atoms. The zero-order valence-corrected chi connectivity index (χ0v) is 18.6. The van der Waals surface area contributed by atoms with Crippen LogP contribution in [-0.2, 0) is 14.8 Å². The molecular formula is C21H26FN3O5S. The number of hydrogen-bond donors (Lipinski definition) is 0. The fourth-order valence-electron chi connectivity index (χ4n) is 3.51. The molecule has 1 heterocycles. The molecule has 0 unspecified atom stereocenters. The quantitative estimate of drug-likeness (QED) is 0.640. The second-order valence-corrected chi connectivity index (χ2v) is 9.03. The molecule has 0 aromatic heterocycles. The summed E-state index contributed by atoms with van der Waals surface area (Å²) in [5, 5.41) is 0. The standard InChI is InChI=1S/C21H26FN3O5S/c1-29-19-9-8-16(14-20(19)30-2)25(31(3,27)28)15-21(26)24-12-10-23(11-13-24)18-7-5-4-6-17(18)22/h4-9,14H,10-13,15H2,1-3H3. The molecule has 31 heavy (non-hydrogen) atoms. The monoisotopic (exact) mass is 451 g/mol. The van der Waals surface area contributed by atoms with Crippen LogP contribution in [0.3, 0.4) is 0 Å². The maximum absolute atomic E-state index is 14.0. The molecule has 2 aromatic rings. The van der Waals surface area contributed by atoms with Crippen molar-refractivity contribution in [3.63, 3.8) is 0 Å². The van der Waals surface area contributed by atoms with Gasteiger partial charge in [-0.15, -0.1) is 0 Å². The van der Waals surface area contributed by atoms with Crippen LogP contribution in [0.2, 0.25) is 0 Å². The predicted octanol–water partition coefficient (Wildman–Crippen LogP) is 1.96.